The van der Waals surface area contributed by atoms with E-state index in [1.807, 2.05) is 31.2 Å². The highest BCUT2D eigenvalue weighted by atomic mass is 16.5. The lowest BCUT2D eigenvalue weighted by Crippen LogP contribution is -2.50. The van der Waals surface area contributed by atoms with Gasteiger partial charge in [0.05, 0.1) is 24.2 Å². The number of carboxylic acids is 2. The maximum absolute atomic E-state index is 13.2. The molecule has 2 aromatic heterocycles. The molecule has 0 radical (unpaired) electrons. The predicted molar refractivity (Wildman–Crippen MR) is 135 cm³/mol. The summed E-state index contributed by atoms with van der Waals surface area (Å²) in [6, 6.07) is 16.4. The molecule has 0 amide bonds. The zero-order valence-corrected chi connectivity index (χ0v) is 20.2. The van der Waals surface area contributed by atoms with Crippen LogP contribution in [0.5, 0.6) is 11.6 Å². The van der Waals surface area contributed by atoms with E-state index in [-0.39, 0.29) is 30.2 Å². The largest absolute Gasteiger partial charge is 0.481 e. The molecule has 0 unspecified atom stereocenters. The molecule has 3 N–H and O–H groups in total. The van der Waals surface area contributed by atoms with E-state index in [0.717, 1.165) is 15.7 Å². The standard InChI is InChI=1S/C26H23N5O7/c1-16-2-4-17(5-3-16)15-31-24(29-25(36)30(26(31)37)13-11-22(32)33)28-19-6-8-20(9-7-19)38-21-14-18(23(34)35)10-12-27-21/h2-10,12,14H,11,13,15H2,1H3,(H,32,33)(H,34,35)(H,28,29,36). The topological polar surface area (TPSA) is 169 Å². The Balaban J connectivity index is 1.70. The average Bonchev–Trinajstić information content (AvgIpc) is 2.88. The maximum Gasteiger partial charge on any atom is 0.335 e. The first kappa shape index (κ1) is 25.8. The number of aromatic nitrogens is 4. The third-order valence-corrected chi connectivity index (χ3v) is 5.47. The molecule has 0 fully saturated rings. The van der Waals surface area contributed by atoms with Crippen molar-refractivity contribution in [3.8, 4) is 11.6 Å². The second-order valence-electron chi connectivity index (χ2n) is 8.30. The predicted octanol–water partition coefficient (Wildman–Crippen LogP) is 2.29. The molecule has 0 bridgehead atoms. The average molecular weight is 517 g/mol. The van der Waals surface area contributed by atoms with E-state index in [1.54, 1.807) is 24.3 Å². The van der Waals surface area contributed by atoms with Gasteiger partial charge in [0.25, 0.3) is 0 Å². The zero-order valence-electron chi connectivity index (χ0n) is 20.2. The summed E-state index contributed by atoms with van der Waals surface area (Å²) in [7, 11) is 0. The second-order valence-corrected chi connectivity index (χ2v) is 8.30. The summed E-state index contributed by atoms with van der Waals surface area (Å²) in [4.78, 5) is 59.0. The van der Waals surface area contributed by atoms with Gasteiger partial charge in [-0.15, -0.1) is 0 Å². The number of carboxylic acid groups (broad SMARTS) is 2. The molecule has 0 spiro atoms. The summed E-state index contributed by atoms with van der Waals surface area (Å²) in [5.74, 6) is -1.78. The van der Waals surface area contributed by atoms with Crippen molar-refractivity contribution in [3.63, 3.8) is 0 Å². The first-order chi connectivity index (χ1) is 18.2. The Morgan fingerprint density at radius 1 is 1.00 bits per heavy atom. The van der Waals surface area contributed by atoms with Crippen molar-refractivity contribution in [2.45, 2.75) is 26.4 Å². The molecular weight excluding hydrogens is 494 g/mol. The highest BCUT2D eigenvalue weighted by molar-refractivity contribution is 5.87. The number of aromatic amines is 1. The van der Waals surface area contributed by atoms with Gasteiger partial charge in [0, 0.05) is 18.8 Å². The Labute approximate surface area is 214 Å². The molecule has 0 atom stereocenters. The Morgan fingerprint density at radius 3 is 2.37 bits per heavy atom. The normalized spacial score (nSPS) is 11.3. The number of aromatic carboxylic acids is 1. The van der Waals surface area contributed by atoms with Crippen molar-refractivity contribution in [2.75, 3.05) is 0 Å². The molecule has 0 saturated heterocycles. The van der Waals surface area contributed by atoms with Gasteiger partial charge in [-0.05, 0) is 42.8 Å². The molecule has 4 rings (SSSR count). The van der Waals surface area contributed by atoms with Gasteiger partial charge in [-0.25, -0.2) is 28.9 Å². The van der Waals surface area contributed by atoms with E-state index in [1.165, 1.54) is 22.9 Å². The van der Waals surface area contributed by atoms with Crippen LogP contribution in [0.2, 0.25) is 0 Å². The number of H-pyrrole nitrogens is 1. The summed E-state index contributed by atoms with van der Waals surface area (Å²) in [5, 5.41) is 18.1. The van der Waals surface area contributed by atoms with E-state index in [4.69, 9.17) is 14.9 Å². The van der Waals surface area contributed by atoms with Gasteiger partial charge in [-0.3, -0.25) is 14.3 Å². The van der Waals surface area contributed by atoms with Crippen LogP contribution in [-0.4, -0.2) is 41.3 Å². The van der Waals surface area contributed by atoms with Crippen LogP contribution in [0, 0.1) is 6.92 Å². The van der Waals surface area contributed by atoms with E-state index >= 15 is 0 Å². The summed E-state index contributed by atoms with van der Waals surface area (Å²) in [6.07, 6.45) is 0.931. The van der Waals surface area contributed by atoms with Gasteiger partial charge in [-0.1, -0.05) is 29.8 Å². The maximum atomic E-state index is 13.2. The van der Waals surface area contributed by atoms with Crippen LogP contribution in [0.4, 0.5) is 5.69 Å². The molecule has 194 valence electrons. The fourth-order valence-corrected chi connectivity index (χ4v) is 3.50. The van der Waals surface area contributed by atoms with Gasteiger partial charge < -0.3 is 14.9 Å². The minimum Gasteiger partial charge on any atom is -0.481 e. The van der Waals surface area contributed by atoms with Crippen molar-refractivity contribution >= 4 is 17.6 Å². The number of carbonyl (C=O) groups is 2. The van der Waals surface area contributed by atoms with E-state index < -0.39 is 29.7 Å². The summed E-state index contributed by atoms with van der Waals surface area (Å²) in [5.41, 5.74) is 0.749. The van der Waals surface area contributed by atoms with Crippen molar-refractivity contribution < 1.29 is 24.5 Å². The molecule has 0 aliphatic rings. The molecule has 4 aromatic rings. The number of hydrogen-bond acceptors (Lipinski definition) is 7. The SMILES string of the molecule is Cc1ccc(Cn2c(=O)n(CCC(=O)O)c(=O)[nH]/c2=N\c2ccc(Oc3cc(C(=O)O)ccn3)cc2)cc1. The number of aliphatic carboxylic acids is 1. The van der Waals surface area contributed by atoms with Crippen LogP contribution in [0.15, 0.2) is 81.4 Å². The third-order valence-electron chi connectivity index (χ3n) is 5.47. The zero-order chi connectivity index (χ0) is 27.2. The van der Waals surface area contributed by atoms with Crippen molar-refractivity contribution in [1.82, 2.24) is 19.1 Å². The fraction of sp³-hybridized carbons (Fsp3) is 0.154. The smallest absolute Gasteiger partial charge is 0.335 e. The molecule has 2 heterocycles. The monoisotopic (exact) mass is 517 g/mol. The molecular formula is C26H23N5O7. The van der Waals surface area contributed by atoms with Gasteiger partial charge >= 0.3 is 23.3 Å². The Kier molecular flexibility index (Phi) is 7.61. The van der Waals surface area contributed by atoms with Crippen molar-refractivity contribution in [1.29, 1.82) is 0 Å². The molecule has 0 saturated carbocycles. The minimum atomic E-state index is -1.14. The highest BCUT2D eigenvalue weighted by Crippen LogP contribution is 2.23. The lowest BCUT2D eigenvalue weighted by atomic mass is 10.1. The van der Waals surface area contributed by atoms with E-state index in [9.17, 15) is 19.2 Å². The quantitative estimate of drug-likeness (QED) is 0.304. The Bertz CT molecular complexity index is 1670. The van der Waals surface area contributed by atoms with Crippen LogP contribution >= 0.6 is 0 Å². The number of nitrogens with one attached hydrogen (secondary N) is 1. The van der Waals surface area contributed by atoms with Gasteiger partial charge in [0.1, 0.15) is 5.75 Å². The number of ether oxygens (including phenoxy) is 1. The first-order valence-electron chi connectivity index (χ1n) is 11.4. The molecule has 12 heteroatoms. The van der Waals surface area contributed by atoms with Crippen LogP contribution in [0.25, 0.3) is 0 Å². The Hall–Kier alpha value is -5.26. The van der Waals surface area contributed by atoms with Gasteiger partial charge in [0.2, 0.25) is 11.5 Å². The lowest BCUT2D eigenvalue weighted by molar-refractivity contribution is -0.137. The Morgan fingerprint density at radius 2 is 1.71 bits per heavy atom. The molecule has 0 aliphatic heterocycles. The van der Waals surface area contributed by atoms with E-state index in [0.29, 0.717) is 11.4 Å². The minimum absolute atomic E-state index is 0.0170. The number of benzene rings is 2. The number of aryl methyl sites for hydroxylation is 1. The fourth-order valence-electron chi connectivity index (χ4n) is 3.50. The summed E-state index contributed by atoms with van der Waals surface area (Å²) in [6.45, 7) is 1.73. The van der Waals surface area contributed by atoms with Crippen molar-refractivity contribution in [3.05, 3.63) is 110 Å². The molecule has 38 heavy (non-hydrogen) atoms. The number of rotatable bonds is 9. The van der Waals surface area contributed by atoms with Crippen LogP contribution in [-0.2, 0) is 17.9 Å². The first-order valence-corrected chi connectivity index (χ1v) is 11.4. The van der Waals surface area contributed by atoms with Crippen LogP contribution in [0.3, 0.4) is 0 Å². The van der Waals surface area contributed by atoms with Gasteiger partial charge in [0.15, 0.2) is 0 Å². The van der Waals surface area contributed by atoms with Gasteiger partial charge in [-0.2, -0.15) is 0 Å². The molecule has 2 aromatic carbocycles. The molecule has 12 nitrogen and oxygen atoms in total. The highest BCUT2D eigenvalue weighted by Gasteiger charge is 2.12. The van der Waals surface area contributed by atoms with Crippen LogP contribution in [0.1, 0.15) is 27.9 Å². The lowest BCUT2D eigenvalue weighted by Gasteiger charge is -2.11. The number of hydrogen-bond donors (Lipinski definition) is 3. The third kappa shape index (κ3) is 6.29. The summed E-state index contributed by atoms with van der Waals surface area (Å²) >= 11 is 0. The van der Waals surface area contributed by atoms with Crippen molar-refractivity contribution in [2.24, 2.45) is 4.99 Å². The van der Waals surface area contributed by atoms with Crippen LogP contribution < -0.4 is 21.7 Å². The molecule has 0 aliphatic carbocycles. The second kappa shape index (κ2) is 11.2. The number of pyridine rings is 1. The van der Waals surface area contributed by atoms with E-state index in [2.05, 4.69) is 15.0 Å². The summed E-state index contributed by atoms with van der Waals surface area (Å²) < 4.78 is 7.70. The number of nitrogens with zero attached hydrogens (tertiary/aromatic N) is 4.